The number of nitrogens with two attached hydrogens (primary N) is 2. The maximum Gasteiger partial charge on any atom is 0.308 e. The number of rotatable bonds is 6. The number of benzene rings is 1. The number of hydrogen-bond acceptors (Lipinski definition) is 4. The predicted molar refractivity (Wildman–Crippen MR) is 72.9 cm³/mol. The first-order chi connectivity index (χ1) is 8.52. The van der Waals surface area contributed by atoms with E-state index in [-0.39, 0.29) is 17.9 Å². The summed E-state index contributed by atoms with van der Waals surface area (Å²) in [5, 5.41) is 0. The normalized spacial score (nSPS) is 13.9. The van der Waals surface area contributed by atoms with Crippen LogP contribution in [-0.4, -0.2) is 18.6 Å². The molecule has 0 aromatic heterocycles. The minimum Gasteiger partial charge on any atom is -0.466 e. The highest BCUT2D eigenvalue weighted by atomic mass is 16.5. The molecule has 0 aliphatic rings. The average molecular weight is 250 g/mol. The molecule has 0 bridgehead atoms. The van der Waals surface area contributed by atoms with Crippen molar-refractivity contribution in [3.8, 4) is 0 Å². The fourth-order valence-electron chi connectivity index (χ4n) is 1.87. The molecule has 0 saturated carbocycles. The molecular formula is C14H22N2O2. The van der Waals surface area contributed by atoms with E-state index in [2.05, 4.69) is 0 Å². The van der Waals surface area contributed by atoms with E-state index >= 15 is 0 Å². The van der Waals surface area contributed by atoms with E-state index in [9.17, 15) is 4.79 Å². The Balaban J connectivity index is 2.43. The molecule has 0 fully saturated rings. The molecule has 18 heavy (non-hydrogen) atoms. The summed E-state index contributed by atoms with van der Waals surface area (Å²) < 4.78 is 4.96. The smallest absolute Gasteiger partial charge is 0.308 e. The van der Waals surface area contributed by atoms with Crippen molar-refractivity contribution in [2.45, 2.75) is 32.7 Å². The second-order valence-electron chi connectivity index (χ2n) is 4.59. The minimum absolute atomic E-state index is 0.0481. The van der Waals surface area contributed by atoms with Gasteiger partial charge in [0.05, 0.1) is 12.5 Å². The summed E-state index contributed by atoms with van der Waals surface area (Å²) >= 11 is 0. The van der Waals surface area contributed by atoms with Crippen molar-refractivity contribution < 1.29 is 9.53 Å². The Morgan fingerprint density at radius 3 is 2.50 bits per heavy atom. The highest BCUT2D eigenvalue weighted by Crippen LogP contribution is 2.13. The van der Waals surface area contributed by atoms with E-state index in [0.29, 0.717) is 13.0 Å². The average Bonchev–Trinajstić information content (AvgIpc) is 2.32. The fraction of sp³-hybridized carbons (Fsp3) is 0.500. The summed E-state index contributed by atoms with van der Waals surface area (Å²) in [4.78, 5) is 11.5. The lowest BCUT2D eigenvalue weighted by Crippen LogP contribution is -2.29. The van der Waals surface area contributed by atoms with Crippen molar-refractivity contribution >= 4 is 11.7 Å². The third kappa shape index (κ3) is 4.75. The van der Waals surface area contributed by atoms with Gasteiger partial charge in [0, 0.05) is 11.7 Å². The lowest BCUT2D eigenvalue weighted by atomic mass is 9.97. The molecule has 4 heteroatoms. The van der Waals surface area contributed by atoms with Crippen LogP contribution in [0.3, 0.4) is 0 Å². The molecular weight excluding hydrogens is 228 g/mol. The topological polar surface area (TPSA) is 78.3 Å². The Labute approximate surface area is 108 Å². The lowest BCUT2D eigenvalue weighted by molar-refractivity contribution is -0.147. The first-order valence-electron chi connectivity index (χ1n) is 6.29. The van der Waals surface area contributed by atoms with Gasteiger partial charge < -0.3 is 16.2 Å². The molecule has 0 spiro atoms. The van der Waals surface area contributed by atoms with E-state index < -0.39 is 0 Å². The lowest BCUT2D eigenvalue weighted by Gasteiger charge is -2.16. The molecule has 0 heterocycles. The zero-order valence-corrected chi connectivity index (χ0v) is 11.1. The van der Waals surface area contributed by atoms with Gasteiger partial charge in [0.25, 0.3) is 0 Å². The van der Waals surface area contributed by atoms with Crippen LogP contribution in [0, 0.1) is 5.92 Å². The van der Waals surface area contributed by atoms with Gasteiger partial charge in [0.2, 0.25) is 0 Å². The second kappa shape index (κ2) is 7.01. The van der Waals surface area contributed by atoms with Gasteiger partial charge in [-0.15, -0.1) is 0 Å². The second-order valence-corrected chi connectivity index (χ2v) is 4.59. The van der Waals surface area contributed by atoms with Gasteiger partial charge in [-0.2, -0.15) is 0 Å². The zero-order chi connectivity index (χ0) is 13.5. The minimum atomic E-state index is -0.176. The summed E-state index contributed by atoms with van der Waals surface area (Å²) in [7, 11) is 0. The fourth-order valence-corrected chi connectivity index (χ4v) is 1.87. The van der Waals surface area contributed by atoms with Crippen LogP contribution >= 0.6 is 0 Å². The van der Waals surface area contributed by atoms with Crippen molar-refractivity contribution in [1.82, 2.24) is 0 Å². The Morgan fingerprint density at radius 2 is 1.94 bits per heavy atom. The van der Waals surface area contributed by atoms with Crippen LogP contribution in [0.1, 0.15) is 25.8 Å². The van der Waals surface area contributed by atoms with Crippen LogP contribution in [-0.2, 0) is 16.0 Å². The van der Waals surface area contributed by atoms with Crippen molar-refractivity contribution in [1.29, 1.82) is 0 Å². The van der Waals surface area contributed by atoms with Crippen LogP contribution in [0.2, 0.25) is 0 Å². The summed E-state index contributed by atoms with van der Waals surface area (Å²) in [6.07, 6.45) is 1.37. The Hall–Kier alpha value is -1.55. The molecule has 2 atom stereocenters. The van der Waals surface area contributed by atoms with Crippen LogP contribution < -0.4 is 11.5 Å². The highest BCUT2D eigenvalue weighted by Gasteiger charge is 2.17. The van der Waals surface area contributed by atoms with Gasteiger partial charge in [0.1, 0.15) is 0 Å². The highest BCUT2D eigenvalue weighted by molar-refractivity contribution is 5.71. The third-order valence-corrected chi connectivity index (χ3v) is 2.82. The molecule has 0 aliphatic heterocycles. The molecule has 1 aromatic carbocycles. The van der Waals surface area contributed by atoms with E-state index in [4.69, 9.17) is 16.2 Å². The SMILES string of the molecule is CCOC(=O)C(C)C[C@@H](N)Cc1ccc(N)cc1. The number of hydrogen-bond donors (Lipinski definition) is 2. The molecule has 4 nitrogen and oxygen atoms in total. The molecule has 1 aromatic rings. The van der Waals surface area contributed by atoms with Gasteiger partial charge in [-0.3, -0.25) is 4.79 Å². The van der Waals surface area contributed by atoms with Crippen LogP contribution in [0.25, 0.3) is 0 Å². The molecule has 4 N–H and O–H groups in total. The van der Waals surface area contributed by atoms with Crippen molar-refractivity contribution in [3.63, 3.8) is 0 Å². The van der Waals surface area contributed by atoms with Crippen molar-refractivity contribution in [2.75, 3.05) is 12.3 Å². The van der Waals surface area contributed by atoms with Crippen molar-refractivity contribution in [3.05, 3.63) is 29.8 Å². The summed E-state index contributed by atoms with van der Waals surface area (Å²) in [5.41, 5.74) is 13.5. The Bertz CT molecular complexity index is 376. The Morgan fingerprint density at radius 1 is 1.33 bits per heavy atom. The number of carbonyl (C=O) groups is 1. The van der Waals surface area contributed by atoms with E-state index in [1.807, 2.05) is 31.2 Å². The largest absolute Gasteiger partial charge is 0.466 e. The zero-order valence-electron chi connectivity index (χ0n) is 11.1. The maximum atomic E-state index is 11.5. The number of anilines is 1. The summed E-state index contributed by atoms with van der Waals surface area (Å²) in [5.74, 6) is -0.334. The predicted octanol–water partition coefficient (Wildman–Crippen LogP) is 1.73. The molecule has 1 rings (SSSR count). The first kappa shape index (κ1) is 14.5. The van der Waals surface area contributed by atoms with Gasteiger partial charge in [-0.25, -0.2) is 0 Å². The molecule has 1 unspecified atom stereocenters. The monoisotopic (exact) mass is 250 g/mol. The van der Waals surface area contributed by atoms with Gasteiger partial charge in [-0.1, -0.05) is 19.1 Å². The number of carbonyl (C=O) groups excluding carboxylic acids is 1. The van der Waals surface area contributed by atoms with Gasteiger partial charge in [0.15, 0.2) is 0 Å². The molecule has 0 saturated heterocycles. The van der Waals surface area contributed by atoms with Crippen LogP contribution in [0.15, 0.2) is 24.3 Å². The summed E-state index contributed by atoms with van der Waals surface area (Å²) in [6.45, 7) is 4.07. The molecule has 100 valence electrons. The quantitative estimate of drug-likeness (QED) is 0.595. The van der Waals surface area contributed by atoms with E-state index in [0.717, 1.165) is 17.7 Å². The van der Waals surface area contributed by atoms with Gasteiger partial charge >= 0.3 is 5.97 Å². The molecule has 0 aliphatic carbocycles. The molecule has 0 radical (unpaired) electrons. The van der Waals surface area contributed by atoms with Crippen molar-refractivity contribution in [2.24, 2.45) is 11.7 Å². The number of esters is 1. The number of ether oxygens (including phenoxy) is 1. The van der Waals surface area contributed by atoms with E-state index in [1.165, 1.54) is 0 Å². The molecule has 0 amide bonds. The maximum absolute atomic E-state index is 11.5. The first-order valence-corrected chi connectivity index (χ1v) is 6.29. The standard InChI is InChI=1S/C14H22N2O2/c1-3-18-14(17)10(2)8-13(16)9-11-4-6-12(15)7-5-11/h4-7,10,13H,3,8-9,15-16H2,1-2H3/t10?,13-/m1/s1. The number of nitrogen functional groups attached to an aromatic ring is 1. The summed E-state index contributed by atoms with van der Waals surface area (Å²) in [6, 6.07) is 7.59. The third-order valence-electron chi connectivity index (χ3n) is 2.82. The van der Waals surface area contributed by atoms with Crippen LogP contribution in [0.4, 0.5) is 5.69 Å². The van der Waals surface area contributed by atoms with Gasteiger partial charge in [-0.05, 0) is 37.5 Å². The van der Waals surface area contributed by atoms with E-state index in [1.54, 1.807) is 6.92 Å². The van der Waals surface area contributed by atoms with Crippen LogP contribution in [0.5, 0.6) is 0 Å². The Kier molecular flexibility index (Phi) is 5.65.